The predicted octanol–water partition coefficient (Wildman–Crippen LogP) is 2.64. The third-order valence-corrected chi connectivity index (χ3v) is 2.53. The molecule has 1 rings (SSSR count). The van der Waals surface area contributed by atoms with Gasteiger partial charge < -0.3 is 5.11 Å². The van der Waals surface area contributed by atoms with E-state index < -0.39 is 6.10 Å². The number of thioether (sulfide) groups is 1. The fraction of sp³-hybridized carbons (Fsp3) is 0.500. The number of pyridine rings is 1. The van der Waals surface area contributed by atoms with Crippen molar-refractivity contribution in [2.75, 3.05) is 0 Å². The average Bonchev–Trinajstić information content (AvgIpc) is 2.03. The Bertz CT molecular complexity index is 273. The van der Waals surface area contributed by atoms with Gasteiger partial charge in [-0.1, -0.05) is 13.8 Å². The highest BCUT2D eigenvalue weighted by atomic mass is 32.2. The molecule has 2 nitrogen and oxygen atoms in total. The highest BCUT2D eigenvalue weighted by Gasteiger charge is 2.04. The molecule has 1 aromatic rings. The quantitative estimate of drug-likeness (QED) is 0.756. The number of aliphatic hydroxyl groups is 1. The summed E-state index contributed by atoms with van der Waals surface area (Å²) in [6.45, 7) is 6.02. The molecule has 0 aromatic carbocycles. The lowest BCUT2D eigenvalue weighted by molar-refractivity contribution is 0.199. The normalized spacial score (nSPS) is 13.3. The van der Waals surface area contributed by atoms with Crippen LogP contribution in [0, 0.1) is 0 Å². The van der Waals surface area contributed by atoms with Crippen molar-refractivity contribution in [2.45, 2.75) is 37.2 Å². The summed E-state index contributed by atoms with van der Waals surface area (Å²) >= 11 is 1.71. The van der Waals surface area contributed by atoms with Crippen LogP contribution < -0.4 is 0 Å². The molecule has 0 unspecified atom stereocenters. The molecule has 0 saturated heterocycles. The van der Waals surface area contributed by atoms with Crippen molar-refractivity contribution in [2.24, 2.45) is 0 Å². The lowest BCUT2D eigenvalue weighted by Gasteiger charge is -2.07. The number of aliphatic hydroxyl groups excluding tert-OH is 1. The fourth-order valence-electron chi connectivity index (χ4n) is 0.991. The van der Waals surface area contributed by atoms with Gasteiger partial charge in [-0.15, -0.1) is 11.8 Å². The lowest BCUT2D eigenvalue weighted by Crippen LogP contribution is -1.94. The van der Waals surface area contributed by atoms with Gasteiger partial charge in [0.25, 0.3) is 0 Å². The molecular formula is C10H15NOS. The maximum absolute atomic E-state index is 9.35. The van der Waals surface area contributed by atoms with E-state index in [1.54, 1.807) is 24.9 Å². The summed E-state index contributed by atoms with van der Waals surface area (Å²) in [5, 5.41) is 10.9. The van der Waals surface area contributed by atoms with Gasteiger partial charge in [0.1, 0.15) is 0 Å². The largest absolute Gasteiger partial charge is 0.389 e. The van der Waals surface area contributed by atoms with Crippen molar-refractivity contribution in [3.63, 3.8) is 0 Å². The van der Waals surface area contributed by atoms with Gasteiger partial charge in [0.05, 0.1) is 11.1 Å². The van der Waals surface area contributed by atoms with E-state index in [0.29, 0.717) is 5.25 Å². The highest BCUT2D eigenvalue weighted by molar-refractivity contribution is 7.99. The van der Waals surface area contributed by atoms with Crippen LogP contribution in [-0.2, 0) is 0 Å². The lowest BCUT2D eigenvalue weighted by atomic mass is 10.2. The van der Waals surface area contributed by atoms with Crippen LogP contribution in [0.5, 0.6) is 0 Å². The van der Waals surface area contributed by atoms with Gasteiger partial charge in [0.15, 0.2) is 0 Å². The molecule has 0 fully saturated rings. The molecule has 1 aromatic heterocycles. The minimum absolute atomic E-state index is 0.408. The van der Waals surface area contributed by atoms with Crippen LogP contribution in [0.2, 0.25) is 0 Å². The molecule has 13 heavy (non-hydrogen) atoms. The summed E-state index contributed by atoms with van der Waals surface area (Å²) in [7, 11) is 0. The zero-order valence-electron chi connectivity index (χ0n) is 8.19. The Morgan fingerprint density at radius 2 is 2.08 bits per heavy atom. The van der Waals surface area contributed by atoms with E-state index in [1.165, 1.54) is 0 Å². The number of nitrogens with zero attached hydrogens (tertiary/aromatic N) is 1. The first-order valence-corrected chi connectivity index (χ1v) is 5.28. The van der Waals surface area contributed by atoms with Crippen LogP contribution in [0.3, 0.4) is 0 Å². The Balaban J connectivity index is 2.79. The van der Waals surface area contributed by atoms with Crippen molar-refractivity contribution in [3.8, 4) is 0 Å². The van der Waals surface area contributed by atoms with Crippen LogP contribution in [0.25, 0.3) is 0 Å². The van der Waals surface area contributed by atoms with Gasteiger partial charge >= 0.3 is 0 Å². The molecule has 0 spiro atoms. The Hall–Kier alpha value is -0.540. The minimum Gasteiger partial charge on any atom is -0.389 e. The molecule has 72 valence electrons. The van der Waals surface area contributed by atoms with Gasteiger partial charge in [0, 0.05) is 11.4 Å². The van der Waals surface area contributed by atoms with E-state index in [4.69, 9.17) is 0 Å². The minimum atomic E-state index is -0.408. The second kappa shape index (κ2) is 4.63. The van der Waals surface area contributed by atoms with Gasteiger partial charge in [-0.25, -0.2) is 4.98 Å². The van der Waals surface area contributed by atoms with Crippen LogP contribution in [-0.4, -0.2) is 15.3 Å². The van der Waals surface area contributed by atoms with Crippen LogP contribution in [0.15, 0.2) is 23.4 Å². The maximum Gasteiger partial charge on any atom is 0.0966 e. The van der Waals surface area contributed by atoms with E-state index in [2.05, 4.69) is 18.8 Å². The molecule has 0 bridgehead atoms. The third kappa shape index (κ3) is 3.36. The molecule has 0 aliphatic rings. The molecule has 0 aliphatic carbocycles. The molecule has 0 amide bonds. The molecule has 1 heterocycles. The molecule has 0 aliphatic heterocycles. The van der Waals surface area contributed by atoms with Crippen LogP contribution in [0.4, 0.5) is 0 Å². The van der Waals surface area contributed by atoms with E-state index in [0.717, 1.165) is 10.6 Å². The maximum atomic E-state index is 9.35. The van der Waals surface area contributed by atoms with Crippen molar-refractivity contribution in [3.05, 3.63) is 23.9 Å². The van der Waals surface area contributed by atoms with Gasteiger partial charge in [-0.2, -0.15) is 0 Å². The average molecular weight is 197 g/mol. The molecular weight excluding hydrogens is 182 g/mol. The smallest absolute Gasteiger partial charge is 0.0966 e. The van der Waals surface area contributed by atoms with E-state index in [1.807, 2.05) is 12.1 Å². The second-order valence-electron chi connectivity index (χ2n) is 3.27. The first-order valence-electron chi connectivity index (χ1n) is 4.40. The van der Waals surface area contributed by atoms with Crippen molar-refractivity contribution in [1.82, 2.24) is 4.98 Å². The standard InChI is InChI=1S/C10H15NOS/c1-7(2)13-10-6-9(8(3)12)4-5-11-10/h4-8,12H,1-3H3/t8-/m0/s1. The number of hydrogen-bond acceptors (Lipinski definition) is 3. The summed E-state index contributed by atoms with van der Waals surface area (Å²) in [4.78, 5) is 4.21. The summed E-state index contributed by atoms with van der Waals surface area (Å²) in [6.07, 6.45) is 1.33. The second-order valence-corrected chi connectivity index (χ2v) is 4.87. The first-order chi connectivity index (χ1) is 6.09. The molecule has 1 atom stereocenters. The van der Waals surface area contributed by atoms with Crippen molar-refractivity contribution in [1.29, 1.82) is 0 Å². The Morgan fingerprint density at radius 3 is 2.62 bits per heavy atom. The number of hydrogen-bond donors (Lipinski definition) is 1. The Morgan fingerprint density at radius 1 is 1.38 bits per heavy atom. The van der Waals surface area contributed by atoms with Crippen molar-refractivity contribution >= 4 is 11.8 Å². The van der Waals surface area contributed by atoms with Gasteiger partial charge in [-0.05, 0) is 24.6 Å². The van der Waals surface area contributed by atoms with E-state index in [-0.39, 0.29) is 0 Å². The van der Waals surface area contributed by atoms with Crippen LogP contribution in [0.1, 0.15) is 32.4 Å². The number of aromatic nitrogens is 1. The predicted molar refractivity (Wildman–Crippen MR) is 55.9 cm³/mol. The van der Waals surface area contributed by atoms with E-state index >= 15 is 0 Å². The first kappa shape index (κ1) is 10.5. The molecule has 3 heteroatoms. The third-order valence-electron chi connectivity index (χ3n) is 1.60. The molecule has 0 saturated carbocycles. The summed E-state index contributed by atoms with van der Waals surface area (Å²) in [5.74, 6) is 0. The van der Waals surface area contributed by atoms with Gasteiger partial charge in [-0.3, -0.25) is 0 Å². The fourth-order valence-corrected chi connectivity index (χ4v) is 1.80. The molecule has 0 radical (unpaired) electrons. The zero-order valence-corrected chi connectivity index (χ0v) is 9.01. The monoisotopic (exact) mass is 197 g/mol. The summed E-state index contributed by atoms with van der Waals surface area (Å²) < 4.78 is 0. The zero-order chi connectivity index (χ0) is 9.84. The highest BCUT2D eigenvalue weighted by Crippen LogP contribution is 2.23. The SMILES string of the molecule is CC(C)Sc1cc([C@H](C)O)ccn1. The Labute approximate surface area is 83.4 Å². The summed E-state index contributed by atoms with van der Waals surface area (Å²) in [5.41, 5.74) is 0.929. The van der Waals surface area contributed by atoms with Crippen LogP contribution >= 0.6 is 11.8 Å². The number of rotatable bonds is 3. The Kier molecular flexibility index (Phi) is 3.75. The van der Waals surface area contributed by atoms with Gasteiger partial charge in [0.2, 0.25) is 0 Å². The molecule has 1 N–H and O–H groups in total. The summed E-state index contributed by atoms with van der Waals surface area (Å²) in [6, 6.07) is 3.78. The van der Waals surface area contributed by atoms with Crippen molar-refractivity contribution < 1.29 is 5.11 Å². The topological polar surface area (TPSA) is 33.1 Å². The van der Waals surface area contributed by atoms with E-state index in [9.17, 15) is 5.11 Å².